The Balaban J connectivity index is 2.26. The molecular formula is C12H14F3N3O2. The van der Waals surface area contributed by atoms with Crippen molar-refractivity contribution in [2.24, 2.45) is 5.73 Å². The van der Waals surface area contributed by atoms with Gasteiger partial charge in [-0.2, -0.15) is 13.2 Å². The first-order valence-corrected chi connectivity index (χ1v) is 6.03. The molecule has 20 heavy (non-hydrogen) atoms. The van der Waals surface area contributed by atoms with Crippen molar-refractivity contribution in [3.05, 3.63) is 23.9 Å². The van der Waals surface area contributed by atoms with Gasteiger partial charge in [-0.1, -0.05) is 0 Å². The summed E-state index contributed by atoms with van der Waals surface area (Å²) in [6.07, 6.45) is -2.78. The van der Waals surface area contributed by atoms with Crippen molar-refractivity contribution >= 4 is 11.7 Å². The fraction of sp³-hybridized carbons (Fsp3) is 0.500. The predicted octanol–water partition coefficient (Wildman–Crippen LogP) is 0.917. The van der Waals surface area contributed by atoms with Gasteiger partial charge < -0.3 is 15.7 Å². The number of rotatable bonds is 2. The molecule has 0 unspecified atom stereocenters. The molecular weight excluding hydrogens is 275 g/mol. The average molecular weight is 289 g/mol. The zero-order chi connectivity index (χ0) is 15.0. The third-order valence-electron chi connectivity index (χ3n) is 3.33. The molecule has 110 valence electrons. The maximum absolute atomic E-state index is 12.6. The number of halogens is 3. The molecule has 5 nitrogen and oxygen atoms in total. The van der Waals surface area contributed by atoms with E-state index < -0.39 is 23.2 Å². The summed E-state index contributed by atoms with van der Waals surface area (Å²) in [5, 5.41) is 10.0. The molecule has 2 rings (SSSR count). The Morgan fingerprint density at radius 3 is 2.80 bits per heavy atom. The van der Waals surface area contributed by atoms with Gasteiger partial charge in [-0.05, 0) is 25.0 Å². The lowest BCUT2D eigenvalue weighted by molar-refractivity contribution is -0.138. The van der Waals surface area contributed by atoms with E-state index in [2.05, 4.69) is 4.98 Å². The highest BCUT2D eigenvalue weighted by Crippen LogP contribution is 2.32. The van der Waals surface area contributed by atoms with E-state index in [1.54, 1.807) is 0 Å². The summed E-state index contributed by atoms with van der Waals surface area (Å²) in [6.45, 7) is 0.251. The number of hydrogen-bond donors (Lipinski definition) is 2. The average Bonchev–Trinajstić information content (AvgIpc) is 2.38. The van der Waals surface area contributed by atoms with Crippen molar-refractivity contribution in [1.82, 2.24) is 4.98 Å². The highest BCUT2D eigenvalue weighted by molar-refractivity contribution is 5.84. The summed E-state index contributed by atoms with van der Waals surface area (Å²) in [5.41, 5.74) is 2.57. The summed E-state index contributed by atoms with van der Waals surface area (Å²) >= 11 is 0. The minimum Gasteiger partial charge on any atom is -0.378 e. The van der Waals surface area contributed by atoms with E-state index in [0.717, 1.165) is 18.3 Å². The highest BCUT2D eigenvalue weighted by Gasteiger charge is 2.39. The van der Waals surface area contributed by atoms with Crippen molar-refractivity contribution < 1.29 is 23.1 Å². The van der Waals surface area contributed by atoms with E-state index in [1.165, 1.54) is 4.90 Å². The topological polar surface area (TPSA) is 79.5 Å². The molecule has 0 bridgehead atoms. The number of aromatic nitrogens is 1. The molecule has 1 atom stereocenters. The second-order valence-electron chi connectivity index (χ2n) is 4.82. The minimum atomic E-state index is -4.46. The second-order valence-corrected chi connectivity index (χ2v) is 4.82. The van der Waals surface area contributed by atoms with Crippen LogP contribution in [0.15, 0.2) is 18.3 Å². The van der Waals surface area contributed by atoms with Gasteiger partial charge in [0.05, 0.1) is 12.1 Å². The van der Waals surface area contributed by atoms with Gasteiger partial charge in [0.1, 0.15) is 5.82 Å². The Morgan fingerprint density at radius 2 is 2.20 bits per heavy atom. The number of hydrogen-bond acceptors (Lipinski definition) is 4. The SMILES string of the molecule is NC(=O)[C@@]1(O)CCCN(c2cc(C(F)(F)F)ccn2)C1. The summed E-state index contributed by atoms with van der Waals surface area (Å²) in [5.74, 6) is -0.812. The van der Waals surface area contributed by atoms with Crippen LogP contribution in [0, 0.1) is 0 Å². The van der Waals surface area contributed by atoms with Crippen molar-refractivity contribution in [1.29, 1.82) is 0 Å². The number of amides is 1. The molecule has 0 saturated carbocycles. The number of anilines is 1. The largest absolute Gasteiger partial charge is 0.416 e. The van der Waals surface area contributed by atoms with Crippen LogP contribution >= 0.6 is 0 Å². The maximum Gasteiger partial charge on any atom is 0.416 e. The van der Waals surface area contributed by atoms with Crippen molar-refractivity contribution in [2.45, 2.75) is 24.6 Å². The Bertz CT molecular complexity index is 521. The van der Waals surface area contributed by atoms with Crippen LogP contribution in [0.5, 0.6) is 0 Å². The van der Waals surface area contributed by atoms with Crippen molar-refractivity contribution in [3.63, 3.8) is 0 Å². The van der Waals surface area contributed by atoms with E-state index in [-0.39, 0.29) is 18.8 Å². The lowest BCUT2D eigenvalue weighted by atomic mass is 9.92. The van der Waals surface area contributed by atoms with Gasteiger partial charge in [0.2, 0.25) is 0 Å². The zero-order valence-corrected chi connectivity index (χ0v) is 10.5. The summed E-state index contributed by atoms with van der Waals surface area (Å²) in [6, 6.07) is 1.76. The molecule has 1 aromatic heterocycles. The van der Waals surface area contributed by atoms with Crippen LogP contribution in [0.4, 0.5) is 19.0 Å². The first-order valence-electron chi connectivity index (χ1n) is 6.03. The lowest BCUT2D eigenvalue weighted by Crippen LogP contribution is -2.56. The molecule has 1 aliphatic rings. The van der Waals surface area contributed by atoms with E-state index in [9.17, 15) is 23.1 Å². The number of pyridine rings is 1. The van der Waals surface area contributed by atoms with Crippen molar-refractivity contribution in [3.8, 4) is 0 Å². The number of β-amino-alcohol motifs (C(OH)–C–C–N with tert-alkyl or cyclic N) is 1. The van der Waals surface area contributed by atoms with Gasteiger partial charge >= 0.3 is 6.18 Å². The smallest absolute Gasteiger partial charge is 0.378 e. The number of piperidine rings is 1. The normalized spacial score (nSPS) is 23.7. The number of carbonyl (C=O) groups is 1. The molecule has 0 radical (unpaired) electrons. The second kappa shape index (κ2) is 4.93. The Labute approximate surface area is 113 Å². The minimum absolute atomic E-state index is 0.0687. The molecule has 1 amide bonds. The zero-order valence-electron chi connectivity index (χ0n) is 10.5. The molecule has 1 aromatic rings. The summed E-state index contributed by atoms with van der Waals surface area (Å²) in [7, 11) is 0. The van der Waals surface area contributed by atoms with Gasteiger partial charge in [0.15, 0.2) is 5.60 Å². The Hall–Kier alpha value is -1.83. The first-order chi connectivity index (χ1) is 9.22. The van der Waals surface area contributed by atoms with Crippen LogP contribution in [0.1, 0.15) is 18.4 Å². The van der Waals surface area contributed by atoms with Crippen LogP contribution in [-0.4, -0.2) is 34.7 Å². The lowest BCUT2D eigenvalue weighted by Gasteiger charge is -2.37. The predicted molar refractivity (Wildman–Crippen MR) is 64.8 cm³/mol. The quantitative estimate of drug-likeness (QED) is 0.848. The Morgan fingerprint density at radius 1 is 1.50 bits per heavy atom. The fourth-order valence-electron chi connectivity index (χ4n) is 2.20. The van der Waals surface area contributed by atoms with E-state index in [0.29, 0.717) is 13.0 Å². The van der Waals surface area contributed by atoms with Crippen LogP contribution in [0.25, 0.3) is 0 Å². The summed E-state index contributed by atoms with van der Waals surface area (Å²) in [4.78, 5) is 16.5. The fourth-order valence-corrected chi connectivity index (χ4v) is 2.20. The van der Waals surface area contributed by atoms with E-state index in [4.69, 9.17) is 5.73 Å². The van der Waals surface area contributed by atoms with Crippen LogP contribution in [0.3, 0.4) is 0 Å². The highest BCUT2D eigenvalue weighted by atomic mass is 19.4. The maximum atomic E-state index is 12.6. The molecule has 1 fully saturated rings. The third-order valence-corrected chi connectivity index (χ3v) is 3.33. The number of nitrogens with two attached hydrogens (primary N) is 1. The van der Waals surface area contributed by atoms with E-state index >= 15 is 0 Å². The number of aliphatic hydroxyl groups is 1. The molecule has 0 aromatic carbocycles. The molecule has 0 aliphatic carbocycles. The Kier molecular flexibility index (Phi) is 3.59. The van der Waals surface area contributed by atoms with Crippen LogP contribution in [-0.2, 0) is 11.0 Å². The van der Waals surface area contributed by atoms with Gasteiger partial charge in [0.25, 0.3) is 5.91 Å². The first kappa shape index (κ1) is 14.6. The molecule has 2 heterocycles. The monoisotopic (exact) mass is 289 g/mol. The van der Waals surface area contributed by atoms with Gasteiger partial charge in [-0.15, -0.1) is 0 Å². The summed E-state index contributed by atoms with van der Waals surface area (Å²) < 4.78 is 37.9. The standard InChI is InChI=1S/C12H14F3N3O2/c13-12(14,15)8-2-4-17-9(6-8)18-5-1-3-11(20,7-18)10(16)19/h2,4,6,20H,1,3,5,7H2,(H2,16,19)/t11-/m1/s1. The molecule has 1 saturated heterocycles. The van der Waals surface area contributed by atoms with Crippen LogP contribution < -0.4 is 10.6 Å². The van der Waals surface area contributed by atoms with Gasteiger partial charge in [-0.25, -0.2) is 4.98 Å². The number of nitrogens with zero attached hydrogens (tertiary/aromatic N) is 2. The molecule has 0 spiro atoms. The number of carbonyl (C=O) groups excluding carboxylic acids is 1. The third kappa shape index (κ3) is 2.84. The molecule has 1 aliphatic heterocycles. The van der Waals surface area contributed by atoms with Crippen LogP contribution in [0.2, 0.25) is 0 Å². The van der Waals surface area contributed by atoms with Gasteiger partial charge in [0, 0.05) is 12.7 Å². The van der Waals surface area contributed by atoms with Crippen molar-refractivity contribution in [2.75, 3.05) is 18.0 Å². The number of alkyl halides is 3. The van der Waals surface area contributed by atoms with Gasteiger partial charge in [-0.3, -0.25) is 4.79 Å². The van der Waals surface area contributed by atoms with E-state index in [1.807, 2.05) is 0 Å². The molecule has 8 heteroatoms. The number of primary amides is 1. The molecule has 3 N–H and O–H groups in total.